The Bertz CT molecular complexity index is 710. The maximum Gasteiger partial charge on any atom is 0.118 e. The first-order valence-corrected chi connectivity index (χ1v) is 8.89. The highest BCUT2D eigenvalue weighted by molar-refractivity contribution is 5.37. The predicted molar refractivity (Wildman–Crippen MR) is 95.4 cm³/mol. The molecular weight excluding hydrogens is 298 g/mol. The third-order valence-electron chi connectivity index (χ3n) is 5.62. The largest absolute Gasteiger partial charge is 0.508 e. The van der Waals surface area contributed by atoms with E-state index in [9.17, 15) is 5.11 Å². The molecule has 2 aromatic carbocycles. The quantitative estimate of drug-likeness (QED) is 0.933. The van der Waals surface area contributed by atoms with Gasteiger partial charge in [-0.25, -0.2) is 0 Å². The van der Waals surface area contributed by atoms with Gasteiger partial charge in [0, 0.05) is 19.1 Å². The van der Waals surface area contributed by atoms with Gasteiger partial charge in [-0.1, -0.05) is 18.2 Å². The van der Waals surface area contributed by atoms with E-state index < -0.39 is 0 Å². The average molecular weight is 323 g/mol. The summed E-state index contributed by atoms with van der Waals surface area (Å²) in [6, 6.07) is 14.9. The van der Waals surface area contributed by atoms with Crippen LogP contribution in [0.25, 0.3) is 0 Å². The molecule has 2 atom stereocenters. The van der Waals surface area contributed by atoms with Crippen molar-refractivity contribution in [2.75, 3.05) is 13.7 Å². The van der Waals surface area contributed by atoms with Gasteiger partial charge in [-0.3, -0.25) is 4.90 Å². The first kappa shape index (κ1) is 15.5. The lowest BCUT2D eigenvalue weighted by atomic mass is 9.80. The molecule has 24 heavy (non-hydrogen) atoms. The molecule has 5 rings (SSSR count). The molecule has 3 nitrogen and oxygen atoms in total. The highest BCUT2D eigenvalue weighted by atomic mass is 16.5. The number of benzene rings is 2. The molecule has 3 heteroatoms. The third kappa shape index (κ3) is 3.13. The van der Waals surface area contributed by atoms with Gasteiger partial charge in [0.25, 0.3) is 0 Å². The first-order valence-electron chi connectivity index (χ1n) is 8.89. The van der Waals surface area contributed by atoms with Crippen molar-refractivity contribution in [3.05, 3.63) is 59.2 Å². The topological polar surface area (TPSA) is 32.7 Å². The zero-order chi connectivity index (χ0) is 16.5. The van der Waals surface area contributed by atoms with Crippen molar-refractivity contribution in [1.82, 2.24) is 4.90 Å². The fraction of sp³-hybridized carbons (Fsp3) is 0.429. The molecular formula is C21H25NO2. The average Bonchev–Trinajstić information content (AvgIpc) is 2.57. The van der Waals surface area contributed by atoms with Gasteiger partial charge in [-0.05, 0) is 72.6 Å². The van der Waals surface area contributed by atoms with Crippen molar-refractivity contribution < 1.29 is 9.84 Å². The molecule has 2 heterocycles. The Kier molecular flexibility index (Phi) is 4.19. The SMILES string of the molecule is COc1ccc(CN2CC3CCC2Cc2cc(O)ccc2C3)cc1. The van der Waals surface area contributed by atoms with E-state index in [0.717, 1.165) is 31.1 Å². The normalized spacial score (nSPS) is 23.4. The molecule has 0 spiro atoms. The van der Waals surface area contributed by atoms with Crippen molar-refractivity contribution >= 4 is 0 Å². The minimum Gasteiger partial charge on any atom is -0.508 e. The highest BCUT2D eigenvalue weighted by Gasteiger charge is 2.31. The van der Waals surface area contributed by atoms with Crippen LogP contribution in [0.4, 0.5) is 0 Å². The Morgan fingerprint density at radius 3 is 2.67 bits per heavy atom. The number of phenolic OH excluding ortho intramolecular Hbond substituents is 1. The maximum atomic E-state index is 9.85. The highest BCUT2D eigenvalue weighted by Crippen LogP contribution is 2.34. The Balaban J connectivity index is 1.55. The summed E-state index contributed by atoms with van der Waals surface area (Å²) in [6.07, 6.45) is 4.77. The van der Waals surface area contributed by atoms with Crippen LogP contribution in [-0.2, 0) is 19.4 Å². The lowest BCUT2D eigenvalue weighted by Gasteiger charge is -2.42. The zero-order valence-corrected chi connectivity index (χ0v) is 14.2. The maximum absolute atomic E-state index is 9.85. The standard InChI is InChI=1S/C21H25NO2/c1-24-21-8-3-15(4-9-21)13-22-14-16-2-6-19(22)11-18-12-20(23)7-5-17(18)10-16/h3-5,7-9,12,16,19,23H,2,6,10-11,13-14H2,1H3. The van der Waals surface area contributed by atoms with E-state index in [2.05, 4.69) is 23.1 Å². The number of piperidine rings is 1. The number of phenols is 1. The molecule has 1 saturated heterocycles. The van der Waals surface area contributed by atoms with Gasteiger partial charge in [0.15, 0.2) is 0 Å². The van der Waals surface area contributed by atoms with E-state index in [1.807, 2.05) is 24.3 Å². The third-order valence-corrected chi connectivity index (χ3v) is 5.62. The van der Waals surface area contributed by atoms with Gasteiger partial charge in [-0.15, -0.1) is 0 Å². The number of methoxy groups -OCH3 is 1. The number of hydrogen-bond donors (Lipinski definition) is 1. The number of rotatable bonds is 3. The van der Waals surface area contributed by atoms with Crippen molar-refractivity contribution in [2.24, 2.45) is 5.92 Å². The van der Waals surface area contributed by atoms with Crippen molar-refractivity contribution in [3.63, 3.8) is 0 Å². The first-order chi connectivity index (χ1) is 11.7. The van der Waals surface area contributed by atoms with E-state index >= 15 is 0 Å². The van der Waals surface area contributed by atoms with Gasteiger partial charge in [0.1, 0.15) is 11.5 Å². The summed E-state index contributed by atoms with van der Waals surface area (Å²) in [7, 11) is 1.71. The number of ether oxygens (including phenoxy) is 1. The summed E-state index contributed by atoms with van der Waals surface area (Å²) in [5, 5.41) is 9.85. The van der Waals surface area contributed by atoms with E-state index in [1.54, 1.807) is 7.11 Å². The molecule has 1 N–H and O–H groups in total. The van der Waals surface area contributed by atoms with Crippen molar-refractivity contribution in [3.8, 4) is 11.5 Å². The summed E-state index contributed by atoms with van der Waals surface area (Å²) in [6.45, 7) is 2.18. The van der Waals surface area contributed by atoms with Gasteiger partial charge >= 0.3 is 0 Å². The van der Waals surface area contributed by atoms with Crippen LogP contribution >= 0.6 is 0 Å². The fourth-order valence-corrected chi connectivity index (χ4v) is 4.31. The van der Waals surface area contributed by atoms with Crippen LogP contribution in [0.15, 0.2) is 42.5 Å². The van der Waals surface area contributed by atoms with Crippen LogP contribution in [0, 0.1) is 5.92 Å². The lowest BCUT2D eigenvalue weighted by Crippen LogP contribution is -2.46. The number of hydrogen-bond acceptors (Lipinski definition) is 3. The van der Waals surface area contributed by atoms with E-state index in [0.29, 0.717) is 11.8 Å². The number of nitrogens with zero attached hydrogens (tertiary/aromatic N) is 1. The van der Waals surface area contributed by atoms with E-state index in [4.69, 9.17) is 4.74 Å². The van der Waals surface area contributed by atoms with Gasteiger partial charge in [0.05, 0.1) is 7.11 Å². The molecule has 0 aromatic heterocycles. The smallest absolute Gasteiger partial charge is 0.118 e. The minimum atomic E-state index is 0.395. The molecule has 2 aromatic rings. The molecule has 0 saturated carbocycles. The summed E-state index contributed by atoms with van der Waals surface area (Å²) < 4.78 is 5.26. The molecule has 1 fully saturated rings. The summed E-state index contributed by atoms with van der Waals surface area (Å²) in [4.78, 5) is 2.64. The molecule has 0 radical (unpaired) electrons. The van der Waals surface area contributed by atoms with Crippen LogP contribution in [0.5, 0.6) is 11.5 Å². The second-order valence-electron chi connectivity index (χ2n) is 7.24. The predicted octanol–water partition coefficient (Wildman–Crippen LogP) is 3.78. The van der Waals surface area contributed by atoms with Crippen molar-refractivity contribution in [1.29, 1.82) is 0 Å². The Hall–Kier alpha value is -2.00. The summed E-state index contributed by atoms with van der Waals surface area (Å²) in [5.41, 5.74) is 4.12. The fourth-order valence-electron chi connectivity index (χ4n) is 4.31. The zero-order valence-electron chi connectivity index (χ0n) is 14.2. The monoisotopic (exact) mass is 323 g/mol. The Morgan fingerprint density at radius 1 is 1.04 bits per heavy atom. The van der Waals surface area contributed by atoms with E-state index in [-0.39, 0.29) is 0 Å². The summed E-state index contributed by atoms with van der Waals surface area (Å²) in [5.74, 6) is 2.03. The molecule has 2 bridgehead atoms. The second-order valence-corrected chi connectivity index (χ2v) is 7.24. The number of fused-ring (bicyclic) bond motifs is 2. The Labute approximate surface area is 143 Å². The molecule has 126 valence electrons. The van der Waals surface area contributed by atoms with Gasteiger partial charge in [-0.2, -0.15) is 0 Å². The van der Waals surface area contributed by atoms with Gasteiger partial charge in [0.2, 0.25) is 0 Å². The molecule has 3 aliphatic rings. The molecule has 2 aliphatic heterocycles. The number of aromatic hydroxyl groups is 1. The molecule has 0 amide bonds. The minimum absolute atomic E-state index is 0.395. The molecule has 2 unspecified atom stereocenters. The van der Waals surface area contributed by atoms with Crippen LogP contribution < -0.4 is 4.74 Å². The van der Waals surface area contributed by atoms with Crippen molar-refractivity contribution in [2.45, 2.75) is 38.3 Å². The molecule has 1 aliphatic carbocycles. The Morgan fingerprint density at radius 2 is 1.88 bits per heavy atom. The van der Waals surface area contributed by atoms with Crippen LogP contribution in [0.1, 0.15) is 29.5 Å². The van der Waals surface area contributed by atoms with E-state index in [1.165, 1.54) is 36.1 Å². The summed E-state index contributed by atoms with van der Waals surface area (Å²) >= 11 is 0. The van der Waals surface area contributed by atoms with Crippen LogP contribution in [0.2, 0.25) is 0 Å². The lowest BCUT2D eigenvalue weighted by molar-refractivity contribution is 0.0937. The second kappa shape index (κ2) is 6.48. The van der Waals surface area contributed by atoms with Crippen LogP contribution in [-0.4, -0.2) is 29.7 Å². The van der Waals surface area contributed by atoms with Crippen LogP contribution in [0.3, 0.4) is 0 Å². The van der Waals surface area contributed by atoms with Gasteiger partial charge < -0.3 is 9.84 Å².